The number of aryl methyl sites for hydroxylation is 1. The predicted octanol–water partition coefficient (Wildman–Crippen LogP) is 4.18. The highest BCUT2D eigenvalue weighted by atomic mass is 16.5. The highest BCUT2D eigenvalue weighted by Crippen LogP contribution is 2.30. The fourth-order valence-corrected chi connectivity index (χ4v) is 3.73. The molecule has 0 aromatic heterocycles. The van der Waals surface area contributed by atoms with Crippen molar-refractivity contribution in [3.63, 3.8) is 0 Å². The smallest absolute Gasteiger partial charge is 0.338 e. The van der Waals surface area contributed by atoms with Gasteiger partial charge in [-0.25, -0.2) is 9.69 Å². The summed E-state index contributed by atoms with van der Waals surface area (Å²) in [5.74, 6) is -2.48. The number of Topliss-reactive ketones (excluding diaryl/α,β-unsaturated/α-hetero) is 1. The van der Waals surface area contributed by atoms with E-state index in [0.29, 0.717) is 16.9 Å². The van der Waals surface area contributed by atoms with E-state index in [1.807, 2.05) is 6.92 Å². The molecule has 1 unspecified atom stereocenters. The molecule has 0 spiro atoms. The van der Waals surface area contributed by atoms with E-state index < -0.39 is 23.9 Å². The van der Waals surface area contributed by atoms with Crippen LogP contribution in [-0.2, 0) is 9.53 Å². The van der Waals surface area contributed by atoms with E-state index in [0.717, 1.165) is 10.5 Å². The zero-order valence-corrected chi connectivity index (χ0v) is 19.3. The Morgan fingerprint density at radius 2 is 1.43 bits per heavy atom. The minimum atomic E-state index is -1.03. The molecule has 3 aromatic rings. The van der Waals surface area contributed by atoms with Crippen LogP contribution in [0.2, 0.25) is 0 Å². The Labute approximate surface area is 201 Å². The summed E-state index contributed by atoms with van der Waals surface area (Å²) in [5.41, 5.74) is 2.54. The molecule has 1 N–H and O–H groups in total. The summed E-state index contributed by atoms with van der Waals surface area (Å²) in [4.78, 5) is 63.4. The molecule has 0 radical (unpaired) electrons. The van der Waals surface area contributed by atoms with Crippen LogP contribution in [0.15, 0.2) is 66.7 Å². The average molecular weight is 470 g/mol. The summed E-state index contributed by atoms with van der Waals surface area (Å²) in [6.07, 6.45) is -1.03. The number of ketones is 1. The number of fused-ring (bicyclic) bond motifs is 1. The maximum Gasteiger partial charge on any atom is 0.338 e. The second-order valence-electron chi connectivity index (χ2n) is 8.21. The number of carbonyl (C=O) groups excluding carboxylic acids is 5. The van der Waals surface area contributed by atoms with Crippen LogP contribution < -0.4 is 10.2 Å². The van der Waals surface area contributed by atoms with E-state index in [4.69, 9.17) is 4.74 Å². The number of carbonyl (C=O) groups is 5. The van der Waals surface area contributed by atoms with E-state index in [-0.39, 0.29) is 28.4 Å². The van der Waals surface area contributed by atoms with E-state index >= 15 is 0 Å². The first-order valence-electron chi connectivity index (χ1n) is 10.9. The van der Waals surface area contributed by atoms with Gasteiger partial charge in [0.15, 0.2) is 6.10 Å². The van der Waals surface area contributed by atoms with Gasteiger partial charge in [0.2, 0.25) is 11.7 Å². The van der Waals surface area contributed by atoms with Crippen LogP contribution in [0, 0.1) is 6.92 Å². The first kappa shape index (κ1) is 23.6. The van der Waals surface area contributed by atoms with E-state index in [9.17, 15) is 24.0 Å². The number of hydrogen-bond donors (Lipinski definition) is 1. The molecule has 3 amide bonds. The zero-order chi connectivity index (χ0) is 25.3. The van der Waals surface area contributed by atoms with Crippen LogP contribution in [0.3, 0.4) is 0 Å². The van der Waals surface area contributed by atoms with Crippen molar-refractivity contribution in [2.24, 2.45) is 0 Å². The van der Waals surface area contributed by atoms with Crippen LogP contribution in [0.4, 0.5) is 11.4 Å². The van der Waals surface area contributed by atoms with Crippen LogP contribution in [0.5, 0.6) is 0 Å². The summed E-state index contributed by atoms with van der Waals surface area (Å²) in [6, 6.07) is 17.2. The molecule has 0 bridgehead atoms. The second-order valence-corrected chi connectivity index (χ2v) is 8.21. The number of amides is 3. The molecule has 8 heteroatoms. The van der Waals surface area contributed by atoms with Gasteiger partial charge in [-0.2, -0.15) is 0 Å². The van der Waals surface area contributed by atoms with Crippen molar-refractivity contribution in [1.82, 2.24) is 0 Å². The van der Waals surface area contributed by atoms with Crippen molar-refractivity contribution in [3.8, 4) is 0 Å². The second kappa shape index (κ2) is 9.34. The summed E-state index contributed by atoms with van der Waals surface area (Å²) >= 11 is 0. The molecule has 4 rings (SSSR count). The van der Waals surface area contributed by atoms with Crippen molar-refractivity contribution in [3.05, 3.63) is 94.5 Å². The number of hydrogen-bond acceptors (Lipinski definition) is 6. The van der Waals surface area contributed by atoms with Gasteiger partial charge >= 0.3 is 5.97 Å². The highest BCUT2D eigenvalue weighted by Gasteiger charge is 2.37. The Morgan fingerprint density at radius 3 is 2.06 bits per heavy atom. The lowest BCUT2D eigenvalue weighted by Gasteiger charge is -2.14. The zero-order valence-electron chi connectivity index (χ0n) is 19.3. The molecule has 8 nitrogen and oxygen atoms in total. The summed E-state index contributed by atoms with van der Waals surface area (Å²) < 4.78 is 5.33. The Morgan fingerprint density at radius 1 is 0.829 bits per heavy atom. The first-order valence-corrected chi connectivity index (χ1v) is 10.9. The number of rotatable bonds is 6. The maximum atomic E-state index is 13.0. The van der Waals surface area contributed by atoms with E-state index in [1.165, 1.54) is 32.0 Å². The third-order valence-electron chi connectivity index (χ3n) is 5.56. The number of nitrogens with one attached hydrogen (secondary N) is 1. The minimum Gasteiger partial charge on any atom is -0.451 e. The third-order valence-corrected chi connectivity index (χ3v) is 5.56. The van der Waals surface area contributed by atoms with Crippen molar-refractivity contribution in [2.45, 2.75) is 26.9 Å². The van der Waals surface area contributed by atoms with Gasteiger partial charge in [0.1, 0.15) is 0 Å². The summed E-state index contributed by atoms with van der Waals surface area (Å²) in [7, 11) is 0. The van der Waals surface area contributed by atoms with Gasteiger partial charge in [-0.3, -0.25) is 19.2 Å². The molecule has 0 aliphatic carbocycles. The Hall–Kier alpha value is -4.59. The molecule has 1 heterocycles. The Bertz CT molecular complexity index is 1360. The van der Waals surface area contributed by atoms with E-state index in [2.05, 4.69) is 5.32 Å². The SMILES string of the molecule is CC(=O)Nc1ccc(N2C(=O)c3ccc(C(=O)OC(C)C(=O)c4ccc(C)cc4)cc3C2=O)cc1. The Balaban J connectivity index is 1.51. The standard InChI is InChI=1S/C27H22N2O6/c1-15-4-6-18(7-5-15)24(31)16(2)35-27(34)19-8-13-22-23(14-19)26(33)29(25(22)32)21-11-9-20(10-12-21)28-17(3)30/h4-14,16H,1-3H3,(H,28,30). The molecule has 1 atom stereocenters. The number of imide groups is 1. The monoisotopic (exact) mass is 470 g/mol. The van der Waals surface area contributed by atoms with Crippen LogP contribution in [0.1, 0.15) is 60.8 Å². The van der Waals surface area contributed by atoms with Crippen molar-refractivity contribution in [1.29, 1.82) is 0 Å². The van der Waals surface area contributed by atoms with Gasteiger partial charge in [-0.05, 0) is 56.3 Å². The highest BCUT2D eigenvalue weighted by molar-refractivity contribution is 6.34. The number of esters is 1. The van der Waals surface area contributed by atoms with Crippen molar-refractivity contribution >= 4 is 40.8 Å². The van der Waals surface area contributed by atoms with Crippen molar-refractivity contribution in [2.75, 3.05) is 10.2 Å². The molecule has 176 valence electrons. The quantitative estimate of drug-likeness (QED) is 0.329. The summed E-state index contributed by atoms with van der Waals surface area (Å²) in [6.45, 7) is 4.76. The Kier molecular flexibility index (Phi) is 6.29. The fourth-order valence-electron chi connectivity index (χ4n) is 3.73. The van der Waals surface area contributed by atoms with Gasteiger partial charge in [-0.15, -0.1) is 0 Å². The van der Waals surface area contributed by atoms with Gasteiger partial charge < -0.3 is 10.1 Å². The van der Waals surface area contributed by atoms with Gasteiger partial charge in [0.25, 0.3) is 11.8 Å². The summed E-state index contributed by atoms with van der Waals surface area (Å²) in [5, 5.41) is 2.62. The van der Waals surface area contributed by atoms with Gasteiger partial charge in [0.05, 0.1) is 22.4 Å². The van der Waals surface area contributed by atoms with Gasteiger partial charge in [0, 0.05) is 18.2 Å². The first-order chi connectivity index (χ1) is 16.7. The largest absolute Gasteiger partial charge is 0.451 e. The molecule has 35 heavy (non-hydrogen) atoms. The lowest BCUT2D eigenvalue weighted by atomic mass is 10.0. The maximum absolute atomic E-state index is 13.0. The number of benzene rings is 3. The molecule has 1 aliphatic heterocycles. The lowest BCUT2D eigenvalue weighted by Crippen LogP contribution is -2.29. The molecular formula is C27H22N2O6. The average Bonchev–Trinajstić information content (AvgIpc) is 3.08. The molecule has 0 saturated heterocycles. The normalized spacial score (nSPS) is 13.3. The number of anilines is 2. The van der Waals surface area contributed by atoms with E-state index in [1.54, 1.807) is 48.5 Å². The topological polar surface area (TPSA) is 110 Å². The molecule has 0 saturated carbocycles. The lowest BCUT2D eigenvalue weighted by molar-refractivity contribution is -0.114. The molecule has 1 aliphatic rings. The molecule has 3 aromatic carbocycles. The van der Waals surface area contributed by atoms with Gasteiger partial charge in [-0.1, -0.05) is 29.8 Å². The molecular weight excluding hydrogens is 448 g/mol. The predicted molar refractivity (Wildman–Crippen MR) is 129 cm³/mol. The van der Waals surface area contributed by atoms with Crippen molar-refractivity contribution < 1.29 is 28.7 Å². The number of ether oxygens (including phenoxy) is 1. The fraction of sp³-hybridized carbons (Fsp3) is 0.148. The number of nitrogens with zero attached hydrogens (tertiary/aromatic N) is 1. The molecule has 0 fully saturated rings. The van der Waals surface area contributed by atoms with Crippen LogP contribution >= 0.6 is 0 Å². The minimum absolute atomic E-state index is 0.0521. The van der Waals surface area contributed by atoms with Crippen LogP contribution in [-0.4, -0.2) is 35.6 Å². The third kappa shape index (κ3) is 4.72. The van der Waals surface area contributed by atoms with Crippen LogP contribution in [0.25, 0.3) is 0 Å².